The Hall–Kier alpha value is -3.80. The summed E-state index contributed by atoms with van der Waals surface area (Å²) in [7, 11) is 0. The van der Waals surface area contributed by atoms with Crippen molar-refractivity contribution in [3.05, 3.63) is 78.2 Å². The lowest BCUT2D eigenvalue weighted by Crippen LogP contribution is -2.17. The summed E-state index contributed by atoms with van der Waals surface area (Å²) in [5.41, 5.74) is 3.00. The van der Waals surface area contributed by atoms with E-state index in [0.29, 0.717) is 28.8 Å². The number of rotatable bonds is 4. The van der Waals surface area contributed by atoms with Gasteiger partial charge in [0, 0.05) is 23.4 Å². The fourth-order valence-corrected chi connectivity index (χ4v) is 3.60. The Balaban J connectivity index is 1.77. The number of hydrogen-bond donors (Lipinski definition) is 1. The van der Waals surface area contributed by atoms with Gasteiger partial charge in [-0.05, 0) is 40.7 Å². The number of phenolic OH excluding ortho intramolecular Hbond substituents is 1. The summed E-state index contributed by atoms with van der Waals surface area (Å²) in [6, 6.07) is 17.1. The van der Waals surface area contributed by atoms with Crippen LogP contribution in [-0.4, -0.2) is 25.0 Å². The lowest BCUT2D eigenvalue weighted by Gasteiger charge is -2.27. The molecule has 0 spiro atoms. The van der Waals surface area contributed by atoms with Gasteiger partial charge in [-0.25, -0.2) is 19.9 Å². The third-order valence-corrected chi connectivity index (χ3v) is 5.55. The van der Waals surface area contributed by atoms with E-state index < -0.39 is 0 Å². The van der Waals surface area contributed by atoms with Gasteiger partial charge in [0.15, 0.2) is 11.6 Å². The number of nitrogens with zero attached hydrogens (tertiary/aromatic N) is 4. The minimum absolute atomic E-state index is 0.102. The molecule has 2 heterocycles. The summed E-state index contributed by atoms with van der Waals surface area (Å²) in [5, 5.41) is 11.2. The zero-order valence-electron chi connectivity index (χ0n) is 20.5. The first kappa shape index (κ1) is 23.4. The number of phenols is 1. The normalized spacial score (nSPS) is 11.9. The zero-order chi connectivity index (χ0) is 24.5. The molecule has 2 aromatic carbocycles. The number of ether oxygens (including phenoxy) is 1. The van der Waals surface area contributed by atoms with Crippen LogP contribution in [0.2, 0.25) is 0 Å². The van der Waals surface area contributed by atoms with Crippen LogP contribution in [0, 0.1) is 0 Å². The highest BCUT2D eigenvalue weighted by molar-refractivity contribution is 5.70. The second-order valence-corrected chi connectivity index (χ2v) is 10.4. The van der Waals surface area contributed by atoms with Crippen LogP contribution >= 0.6 is 0 Å². The molecule has 6 nitrogen and oxygen atoms in total. The summed E-state index contributed by atoms with van der Waals surface area (Å²) in [5.74, 6) is 2.26. The van der Waals surface area contributed by atoms with E-state index in [1.165, 1.54) is 6.33 Å². The third kappa shape index (κ3) is 5.06. The average molecular weight is 455 g/mol. The maximum atomic E-state index is 11.2. The van der Waals surface area contributed by atoms with Crippen molar-refractivity contribution in [2.45, 2.75) is 52.4 Å². The van der Waals surface area contributed by atoms with Crippen LogP contribution in [-0.2, 0) is 10.8 Å². The molecule has 0 bridgehead atoms. The van der Waals surface area contributed by atoms with Gasteiger partial charge in [-0.15, -0.1) is 0 Å². The fraction of sp³-hybridized carbons (Fsp3) is 0.286. The Morgan fingerprint density at radius 3 is 2.21 bits per heavy atom. The van der Waals surface area contributed by atoms with Gasteiger partial charge in [0.25, 0.3) is 0 Å². The van der Waals surface area contributed by atoms with Crippen molar-refractivity contribution < 1.29 is 9.84 Å². The standard InChI is InChI=1S/C28H30N4O2/c1-27(2,3)19-15-21(24(33)22(16-19)28(4,5)6)26-31-17-30-25(32-26)18-10-9-11-20(14-18)34-23-12-7-8-13-29-23/h7-17,33H,1-6H3. The Kier molecular flexibility index (Phi) is 6.09. The van der Waals surface area contributed by atoms with Crippen molar-refractivity contribution in [2.75, 3.05) is 0 Å². The Morgan fingerprint density at radius 1 is 0.765 bits per heavy atom. The summed E-state index contributed by atoms with van der Waals surface area (Å²) in [4.78, 5) is 17.7. The van der Waals surface area contributed by atoms with Gasteiger partial charge in [0.1, 0.15) is 17.8 Å². The van der Waals surface area contributed by atoms with E-state index in [1.807, 2.05) is 42.5 Å². The molecule has 0 unspecified atom stereocenters. The van der Waals surface area contributed by atoms with E-state index >= 15 is 0 Å². The molecule has 0 saturated carbocycles. The first-order chi connectivity index (χ1) is 16.0. The third-order valence-electron chi connectivity index (χ3n) is 5.55. The van der Waals surface area contributed by atoms with E-state index in [4.69, 9.17) is 9.72 Å². The quantitative estimate of drug-likeness (QED) is 0.370. The lowest BCUT2D eigenvalue weighted by atomic mass is 9.79. The summed E-state index contributed by atoms with van der Waals surface area (Å²) in [6.45, 7) is 12.7. The van der Waals surface area contributed by atoms with Gasteiger partial charge in [0.2, 0.25) is 5.88 Å². The molecular formula is C28H30N4O2. The van der Waals surface area contributed by atoms with Crippen molar-refractivity contribution in [1.82, 2.24) is 19.9 Å². The predicted octanol–water partition coefficient (Wildman–Crippen LogP) is 6.69. The van der Waals surface area contributed by atoms with Crippen molar-refractivity contribution >= 4 is 0 Å². The molecular weight excluding hydrogens is 424 g/mol. The Labute approximate surface area is 200 Å². The van der Waals surface area contributed by atoms with Gasteiger partial charge in [-0.1, -0.05) is 65.8 Å². The number of benzene rings is 2. The topological polar surface area (TPSA) is 81.0 Å². The van der Waals surface area contributed by atoms with Gasteiger partial charge in [0.05, 0.1) is 5.56 Å². The zero-order valence-corrected chi connectivity index (χ0v) is 20.5. The van der Waals surface area contributed by atoms with Crippen molar-refractivity contribution in [1.29, 1.82) is 0 Å². The average Bonchev–Trinajstić information content (AvgIpc) is 2.78. The van der Waals surface area contributed by atoms with Crippen LogP contribution < -0.4 is 4.74 Å². The molecule has 0 radical (unpaired) electrons. The van der Waals surface area contributed by atoms with E-state index in [9.17, 15) is 5.11 Å². The van der Waals surface area contributed by atoms with Crippen LogP contribution in [0.15, 0.2) is 67.1 Å². The second-order valence-electron chi connectivity index (χ2n) is 10.4. The molecule has 0 atom stereocenters. The van der Waals surface area contributed by atoms with Crippen LogP contribution in [0.1, 0.15) is 52.7 Å². The largest absolute Gasteiger partial charge is 0.507 e. The molecule has 34 heavy (non-hydrogen) atoms. The molecule has 0 fully saturated rings. The summed E-state index contributed by atoms with van der Waals surface area (Å²) < 4.78 is 5.86. The summed E-state index contributed by atoms with van der Waals surface area (Å²) in [6.07, 6.45) is 3.16. The van der Waals surface area contributed by atoms with E-state index in [2.05, 4.69) is 62.6 Å². The van der Waals surface area contributed by atoms with E-state index in [0.717, 1.165) is 16.7 Å². The Morgan fingerprint density at radius 2 is 1.53 bits per heavy atom. The maximum Gasteiger partial charge on any atom is 0.219 e. The number of hydrogen-bond acceptors (Lipinski definition) is 6. The lowest BCUT2D eigenvalue weighted by molar-refractivity contribution is 0.446. The van der Waals surface area contributed by atoms with Crippen molar-refractivity contribution in [3.8, 4) is 40.2 Å². The minimum Gasteiger partial charge on any atom is -0.507 e. The summed E-state index contributed by atoms with van der Waals surface area (Å²) >= 11 is 0. The molecule has 174 valence electrons. The number of aromatic nitrogens is 4. The van der Waals surface area contributed by atoms with Crippen LogP contribution in [0.3, 0.4) is 0 Å². The van der Waals surface area contributed by atoms with Crippen LogP contribution in [0.4, 0.5) is 0 Å². The maximum absolute atomic E-state index is 11.2. The Bertz CT molecular complexity index is 1310. The molecule has 0 aliphatic carbocycles. The molecule has 4 aromatic rings. The van der Waals surface area contributed by atoms with Crippen molar-refractivity contribution in [2.24, 2.45) is 0 Å². The van der Waals surface area contributed by atoms with Gasteiger partial charge < -0.3 is 9.84 Å². The highest BCUT2D eigenvalue weighted by Crippen LogP contribution is 2.41. The fourth-order valence-electron chi connectivity index (χ4n) is 3.60. The van der Waals surface area contributed by atoms with Crippen LogP contribution in [0.25, 0.3) is 22.8 Å². The first-order valence-corrected chi connectivity index (χ1v) is 11.3. The molecule has 2 aromatic heterocycles. The molecule has 0 aliphatic rings. The molecule has 4 rings (SSSR count). The smallest absolute Gasteiger partial charge is 0.219 e. The monoisotopic (exact) mass is 454 g/mol. The molecule has 0 saturated heterocycles. The minimum atomic E-state index is -0.243. The highest BCUT2D eigenvalue weighted by atomic mass is 16.5. The molecule has 6 heteroatoms. The van der Waals surface area contributed by atoms with Crippen LogP contribution in [0.5, 0.6) is 17.4 Å². The highest BCUT2D eigenvalue weighted by Gasteiger charge is 2.26. The van der Waals surface area contributed by atoms with Gasteiger partial charge >= 0.3 is 0 Å². The first-order valence-electron chi connectivity index (χ1n) is 11.3. The van der Waals surface area contributed by atoms with Crippen molar-refractivity contribution in [3.63, 3.8) is 0 Å². The second kappa shape index (κ2) is 8.86. The molecule has 0 amide bonds. The SMILES string of the molecule is CC(C)(C)c1cc(-c2ncnc(-c3cccc(Oc4ccccn4)c3)n2)c(O)c(C(C)(C)C)c1. The van der Waals surface area contributed by atoms with E-state index in [1.54, 1.807) is 12.3 Å². The van der Waals surface area contributed by atoms with Gasteiger partial charge in [-0.3, -0.25) is 0 Å². The molecule has 1 N–H and O–H groups in total. The van der Waals surface area contributed by atoms with E-state index in [-0.39, 0.29) is 16.6 Å². The predicted molar refractivity (Wildman–Crippen MR) is 134 cm³/mol. The number of aromatic hydroxyl groups is 1. The molecule has 0 aliphatic heterocycles. The number of pyridine rings is 1. The van der Waals surface area contributed by atoms with Gasteiger partial charge in [-0.2, -0.15) is 0 Å².